The molecule has 0 spiro atoms. The van der Waals surface area contributed by atoms with Crippen molar-refractivity contribution >= 4 is 12.0 Å². The molecular weight excluding hydrogens is 278 g/mol. The van der Waals surface area contributed by atoms with Crippen LogP contribution in [-0.4, -0.2) is 50.1 Å². The van der Waals surface area contributed by atoms with E-state index < -0.39 is 12.1 Å². The topological polar surface area (TPSA) is 118 Å². The van der Waals surface area contributed by atoms with Gasteiger partial charge in [-0.1, -0.05) is 0 Å². The van der Waals surface area contributed by atoms with Crippen molar-refractivity contribution in [3.05, 3.63) is 24.3 Å². The molecule has 0 bridgehead atoms. The van der Waals surface area contributed by atoms with Gasteiger partial charge >= 0.3 is 6.09 Å². The van der Waals surface area contributed by atoms with E-state index >= 15 is 0 Å². The van der Waals surface area contributed by atoms with Crippen molar-refractivity contribution in [2.45, 2.75) is 13.0 Å². The third-order valence-electron chi connectivity index (χ3n) is 2.65. The predicted molar refractivity (Wildman–Crippen MR) is 71.9 cm³/mol. The molecule has 2 rings (SSSR count). The molecule has 0 saturated carbocycles. The first-order valence-electron chi connectivity index (χ1n) is 6.04. The number of aromatic nitrogens is 5. The molecule has 112 valence electrons. The van der Waals surface area contributed by atoms with Crippen molar-refractivity contribution in [3.8, 4) is 5.95 Å². The molecule has 0 aliphatic carbocycles. The van der Waals surface area contributed by atoms with Gasteiger partial charge in [-0.3, -0.25) is 4.84 Å². The van der Waals surface area contributed by atoms with Crippen LogP contribution in [0.3, 0.4) is 0 Å². The van der Waals surface area contributed by atoms with E-state index in [0.717, 1.165) is 0 Å². The molecule has 10 nitrogen and oxygen atoms in total. The van der Waals surface area contributed by atoms with Crippen LogP contribution in [0.4, 0.5) is 10.7 Å². The number of amides is 1. The van der Waals surface area contributed by atoms with E-state index in [-0.39, 0.29) is 11.9 Å². The first-order chi connectivity index (χ1) is 10.0. The molecule has 2 N–H and O–H groups in total. The van der Waals surface area contributed by atoms with Crippen molar-refractivity contribution < 1.29 is 14.7 Å². The lowest BCUT2D eigenvalue weighted by atomic mass is 10.3. The number of carbonyl (C=O) groups is 1. The summed E-state index contributed by atoms with van der Waals surface area (Å²) in [6, 6.07) is 1.07. The molecule has 0 aliphatic heterocycles. The molecule has 0 aromatic carbocycles. The van der Waals surface area contributed by atoms with Crippen molar-refractivity contribution in [2.24, 2.45) is 0 Å². The second-order valence-corrected chi connectivity index (χ2v) is 4.08. The lowest BCUT2D eigenvalue weighted by molar-refractivity contribution is 0.180. The Bertz CT molecular complexity index is 616. The Hall–Kier alpha value is -2.75. The maximum Gasteiger partial charge on any atom is 0.405 e. The van der Waals surface area contributed by atoms with Crippen LogP contribution in [0.2, 0.25) is 0 Å². The van der Waals surface area contributed by atoms with Crippen LogP contribution in [0.15, 0.2) is 18.5 Å². The second kappa shape index (κ2) is 6.13. The van der Waals surface area contributed by atoms with Crippen LogP contribution < -0.4 is 10.4 Å². The van der Waals surface area contributed by atoms with Gasteiger partial charge in [0.1, 0.15) is 0 Å². The Morgan fingerprint density at radius 3 is 2.71 bits per heavy atom. The monoisotopic (exact) mass is 293 g/mol. The maximum absolute atomic E-state index is 10.8. The predicted octanol–water partition coefficient (Wildman–Crippen LogP) is 0.383. The fraction of sp³-hybridized carbons (Fsp3) is 0.364. The smallest absolute Gasteiger partial charge is 0.405 e. The fourth-order valence-electron chi connectivity index (χ4n) is 1.61. The Balaban J connectivity index is 2.46. The lowest BCUT2D eigenvalue weighted by Gasteiger charge is -2.10. The fourth-order valence-corrected chi connectivity index (χ4v) is 1.61. The normalized spacial score (nSPS) is 12.0. The minimum absolute atomic E-state index is 0.263. The van der Waals surface area contributed by atoms with Gasteiger partial charge in [-0.2, -0.15) is 9.67 Å². The van der Waals surface area contributed by atoms with E-state index in [1.807, 2.05) is 0 Å². The molecule has 0 fully saturated rings. The van der Waals surface area contributed by atoms with Crippen LogP contribution >= 0.6 is 0 Å². The number of nitrogens with zero attached hydrogens (tertiary/aromatic N) is 6. The first kappa shape index (κ1) is 14.7. The number of hydrogen-bond donors (Lipinski definition) is 2. The van der Waals surface area contributed by atoms with Gasteiger partial charge in [0.2, 0.25) is 0 Å². The summed E-state index contributed by atoms with van der Waals surface area (Å²) in [7, 11) is 3.10. The number of anilines is 1. The minimum atomic E-state index is -1.16. The zero-order chi connectivity index (χ0) is 15.4. The minimum Gasteiger partial charge on any atom is -0.465 e. The van der Waals surface area contributed by atoms with Crippen molar-refractivity contribution in [1.82, 2.24) is 30.0 Å². The highest BCUT2D eigenvalue weighted by molar-refractivity contribution is 5.65. The molecule has 2 heterocycles. The third kappa shape index (κ3) is 3.23. The summed E-state index contributed by atoms with van der Waals surface area (Å²) in [5.41, 5.74) is 0. The number of nitrogens with one attached hydrogen (secondary N) is 1. The molecule has 1 atom stereocenters. The summed E-state index contributed by atoms with van der Waals surface area (Å²) in [4.78, 5) is 28.2. The zero-order valence-corrected chi connectivity index (χ0v) is 11.8. The van der Waals surface area contributed by atoms with Crippen molar-refractivity contribution in [1.29, 1.82) is 0 Å². The lowest BCUT2D eigenvalue weighted by Crippen LogP contribution is -2.27. The van der Waals surface area contributed by atoms with Crippen LogP contribution in [0, 0.1) is 0 Å². The van der Waals surface area contributed by atoms with Gasteiger partial charge < -0.3 is 10.4 Å². The van der Waals surface area contributed by atoms with Gasteiger partial charge in [0.05, 0.1) is 13.2 Å². The van der Waals surface area contributed by atoms with Gasteiger partial charge in [-0.25, -0.2) is 19.8 Å². The van der Waals surface area contributed by atoms with E-state index in [0.29, 0.717) is 5.82 Å². The second-order valence-electron chi connectivity index (χ2n) is 4.08. The van der Waals surface area contributed by atoms with E-state index in [2.05, 4.69) is 25.4 Å². The van der Waals surface area contributed by atoms with Crippen LogP contribution in [-0.2, 0) is 4.84 Å². The molecule has 2 aromatic heterocycles. The Kier molecular flexibility index (Phi) is 4.28. The van der Waals surface area contributed by atoms with Crippen LogP contribution in [0.25, 0.3) is 5.95 Å². The highest BCUT2D eigenvalue weighted by Gasteiger charge is 2.22. The molecule has 1 amide bonds. The van der Waals surface area contributed by atoms with Gasteiger partial charge in [0, 0.05) is 19.4 Å². The van der Waals surface area contributed by atoms with E-state index in [9.17, 15) is 4.79 Å². The maximum atomic E-state index is 10.8. The molecule has 10 heteroatoms. The number of hydrogen-bond acceptors (Lipinski definition) is 7. The molecule has 21 heavy (non-hydrogen) atoms. The highest BCUT2D eigenvalue weighted by atomic mass is 16.7. The molecule has 0 radical (unpaired) electrons. The Morgan fingerprint density at radius 1 is 1.48 bits per heavy atom. The molecule has 0 unspecified atom stereocenters. The van der Waals surface area contributed by atoms with Crippen molar-refractivity contribution in [3.63, 3.8) is 0 Å². The summed E-state index contributed by atoms with van der Waals surface area (Å²) < 4.78 is 1.37. The van der Waals surface area contributed by atoms with Gasteiger partial charge in [-0.15, -0.1) is 5.10 Å². The van der Waals surface area contributed by atoms with E-state index in [1.54, 1.807) is 32.4 Å². The van der Waals surface area contributed by atoms with E-state index in [1.165, 1.54) is 16.9 Å². The Labute approximate surface area is 120 Å². The summed E-state index contributed by atoms with van der Waals surface area (Å²) in [5, 5.41) is 16.7. The highest BCUT2D eigenvalue weighted by Crippen LogP contribution is 2.17. The number of carboxylic acid groups (broad SMARTS) is 1. The van der Waals surface area contributed by atoms with Gasteiger partial charge in [-0.05, 0) is 13.0 Å². The van der Waals surface area contributed by atoms with Gasteiger partial charge in [0.15, 0.2) is 5.82 Å². The Morgan fingerprint density at radius 2 is 2.14 bits per heavy atom. The van der Waals surface area contributed by atoms with E-state index in [4.69, 9.17) is 9.94 Å². The first-order valence-corrected chi connectivity index (χ1v) is 6.04. The van der Waals surface area contributed by atoms with Crippen LogP contribution in [0.5, 0.6) is 0 Å². The summed E-state index contributed by atoms with van der Waals surface area (Å²) in [6.45, 7) is 1.65. The summed E-state index contributed by atoms with van der Waals surface area (Å²) in [5.74, 6) is 0.899. The summed E-state index contributed by atoms with van der Waals surface area (Å²) >= 11 is 0. The van der Waals surface area contributed by atoms with Gasteiger partial charge in [0.25, 0.3) is 11.9 Å². The third-order valence-corrected chi connectivity index (χ3v) is 2.65. The van der Waals surface area contributed by atoms with Crippen molar-refractivity contribution in [2.75, 3.05) is 19.2 Å². The summed E-state index contributed by atoms with van der Waals surface area (Å²) in [6.07, 6.45) is 1.96. The zero-order valence-electron chi connectivity index (χ0n) is 11.8. The largest absolute Gasteiger partial charge is 0.465 e. The quantitative estimate of drug-likeness (QED) is 0.760. The van der Waals surface area contributed by atoms with Crippen LogP contribution in [0.1, 0.15) is 18.8 Å². The molecule has 0 saturated heterocycles. The number of rotatable bonds is 5. The SMILES string of the molecule is CON(C)c1nc([C@H](C)NC(=O)O)n(-c2ncccn2)n1. The molecule has 0 aliphatic rings. The number of hydroxylamine groups is 1. The molecule has 2 aromatic rings. The average molecular weight is 293 g/mol. The average Bonchev–Trinajstić information content (AvgIpc) is 2.92. The standard InChI is InChI=1S/C11H15N7O3/c1-7(14-11(19)20)8-15-10(17(2)21-3)16-18(8)9-12-5-4-6-13-9/h4-7,14H,1-3H3,(H,19,20)/t7-/m0/s1. The molecular formula is C11H15N7O3.